The number of anilines is 2. The van der Waals surface area contributed by atoms with Crippen LogP contribution in [0, 0.1) is 0 Å². The smallest absolute Gasteiger partial charge is 0.285 e. The van der Waals surface area contributed by atoms with Crippen LogP contribution in [0.4, 0.5) is 11.4 Å². The van der Waals surface area contributed by atoms with Gasteiger partial charge in [0, 0.05) is 5.56 Å². The molecule has 1 aliphatic heterocycles. The normalized spacial score (nSPS) is 15.3. The third-order valence-corrected chi connectivity index (χ3v) is 6.46. The van der Waals surface area contributed by atoms with Crippen molar-refractivity contribution in [3.8, 4) is 0 Å². The fourth-order valence-corrected chi connectivity index (χ4v) is 4.68. The summed E-state index contributed by atoms with van der Waals surface area (Å²) in [4.78, 5) is 28.3. The molecule has 1 aliphatic rings. The van der Waals surface area contributed by atoms with E-state index in [0.717, 1.165) is 12.1 Å². The molecule has 4 rings (SSSR count). The van der Waals surface area contributed by atoms with Crippen LogP contribution in [-0.2, 0) is 16.0 Å². The molecule has 1 aromatic heterocycles. The number of fused-ring (bicyclic) bond motifs is 1. The lowest BCUT2D eigenvalue weighted by molar-refractivity contribution is -0.704. The quantitative estimate of drug-likeness (QED) is 0.642. The Balaban J connectivity index is 1.59. The van der Waals surface area contributed by atoms with E-state index < -0.39 is 0 Å². The van der Waals surface area contributed by atoms with Crippen molar-refractivity contribution in [2.75, 3.05) is 16.8 Å². The van der Waals surface area contributed by atoms with E-state index in [1.807, 2.05) is 37.3 Å². The molecule has 0 saturated heterocycles. The molecule has 0 fully saturated rings. The van der Waals surface area contributed by atoms with Crippen LogP contribution >= 0.6 is 11.3 Å². The number of para-hydroxylation sites is 2. The van der Waals surface area contributed by atoms with Gasteiger partial charge >= 0.3 is 0 Å². The Morgan fingerprint density at radius 3 is 2.60 bits per heavy atom. The summed E-state index contributed by atoms with van der Waals surface area (Å²) in [5.41, 5.74) is 3.90. The van der Waals surface area contributed by atoms with Crippen LogP contribution in [0.25, 0.3) is 0 Å². The van der Waals surface area contributed by atoms with E-state index in [9.17, 15) is 9.59 Å². The maximum absolute atomic E-state index is 13.4. The second-order valence-electron chi connectivity index (χ2n) is 7.56. The molecule has 5 nitrogen and oxygen atoms in total. The van der Waals surface area contributed by atoms with Crippen LogP contribution in [0.5, 0.6) is 0 Å². The first kappa shape index (κ1) is 20.3. The maximum Gasteiger partial charge on any atom is 0.285 e. The van der Waals surface area contributed by atoms with E-state index in [4.69, 9.17) is 0 Å². The highest BCUT2D eigenvalue weighted by molar-refractivity contribution is 7.10. The average Bonchev–Trinajstić information content (AvgIpc) is 3.31. The molecule has 2 amide bonds. The first-order valence-electron chi connectivity index (χ1n) is 10.2. The Morgan fingerprint density at radius 1 is 1.13 bits per heavy atom. The first-order valence-corrected chi connectivity index (χ1v) is 11.1. The third kappa shape index (κ3) is 4.15. The number of benzene rings is 2. The summed E-state index contributed by atoms with van der Waals surface area (Å²) in [5.74, 6) is -0.233. The van der Waals surface area contributed by atoms with Gasteiger partial charge in [-0.2, -0.15) is 0 Å². The number of rotatable bonds is 6. The molecule has 0 spiro atoms. The number of carbonyl (C=O) groups is 2. The van der Waals surface area contributed by atoms with Crippen LogP contribution in [0.2, 0.25) is 0 Å². The molecular weight excluding hydrogens is 394 g/mol. The highest BCUT2D eigenvalue weighted by Gasteiger charge is 2.33. The predicted octanol–water partition coefficient (Wildman–Crippen LogP) is 3.34. The fraction of sp³-hybridized carbons (Fsp3) is 0.250. The first-order chi connectivity index (χ1) is 14.6. The van der Waals surface area contributed by atoms with Crippen molar-refractivity contribution in [3.05, 3.63) is 82.0 Å². The number of quaternary nitrogens is 1. The molecule has 3 N–H and O–H groups in total. The number of carbonyl (C=O) groups excluding carboxylic acids is 2. The van der Waals surface area contributed by atoms with E-state index in [-0.39, 0.29) is 30.4 Å². The van der Waals surface area contributed by atoms with Gasteiger partial charge in [-0.25, -0.2) is 0 Å². The molecule has 2 aromatic carbocycles. The van der Waals surface area contributed by atoms with Crippen LogP contribution in [0.1, 0.15) is 35.9 Å². The van der Waals surface area contributed by atoms with Gasteiger partial charge in [-0.05, 0) is 42.5 Å². The zero-order chi connectivity index (χ0) is 21.1. The minimum Gasteiger partial charge on any atom is -0.326 e. The molecule has 0 saturated carbocycles. The van der Waals surface area contributed by atoms with Crippen LogP contribution in [-0.4, -0.2) is 24.4 Å². The van der Waals surface area contributed by atoms with Gasteiger partial charge in [-0.1, -0.05) is 49.4 Å². The number of hydrogen-bond donors (Lipinski definition) is 2. The van der Waals surface area contributed by atoms with E-state index in [2.05, 4.69) is 53.3 Å². The Labute approximate surface area is 180 Å². The second kappa shape index (κ2) is 8.81. The zero-order valence-corrected chi connectivity index (χ0v) is 18.0. The molecule has 2 heterocycles. The predicted molar refractivity (Wildman–Crippen MR) is 121 cm³/mol. The number of nitrogens with zero attached hydrogens (tertiary/aromatic N) is 1. The summed E-state index contributed by atoms with van der Waals surface area (Å²) in [7, 11) is 0. The SMILES string of the molecule is CCc1ccc([C@@H]([NH2+][C@H](C)C(=O)N2CC(=O)Nc3ccccc32)c2cccs2)cc1. The van der Waals surface area contributed by atoms with Gasteiger partial charge in [0.1, 0.15) is 12.6 Å². The van der Waals surface area contributed by atoms with Gasteiger partial charge in [0.2, 0.25) is 5.91 Å². The highest BCUT2D eigenvalue weighted by Crippen LogP contribution is 2.29. The van der Waals surface area contributed by atoms with Crippen LogP contribution in [0.15, 0.2) is 66.0 Å². The Morgan fingerprint density at radius 2 is 1.90 bits per heavy atom. The van der Waals surface area contributed by atoms with Crippen molar-refractivity contribution in [2.24, 2.45) is 0 Å². The van der Waals surface area contributed by atoms with Gasteiger partial charge < -0.3 is 10.6 Å². The fourth-order valence-electron chi connectivity index (χ4n) is 3.85. The second-order valence-corrected chi connectivity index (χ2v) is 8.54. The molecule has 6 heteroatoms. The Kier molecular flexibility index (Phi) is 5.97. The summed E-state index contributed by atoms with van der Waals surface area (Å²) in [6.07, 6.45) is 0.999. The van der Waals surface area contributed by atoms with Gasteiger partial charge in [-0.15, -0.1) is 11.3 Å². The highest BCUT2D eigenvalue weighted by atomic mass is 32.1. The van der Waals surface area contributed by atoms with Gasteiger partial charge in [-0.3, -0.25) is 14.5 Å². The molecule has 2 atom stereocenters. The van der Waals surface area contributed by atoms with Crippen molar-refractivity contribution < 1.29 is 14.9 Å². The average molecular weight is 421 g/mol. The minimum absolute atomic E-state index is 0.0312. The lowest BCUT2D eigenvalue weighted by Gasteiger charge is -2.31. The van der Waals surface area contributed by atoms with E-state index in [1.54, 1.807) is 16.2 Å². The molecular formula is C24H26N3O2S+. The standard InChI is InChI=1S/C24H25N3O2S/c1-3-17-10-12-18(13-11-17)23(21-9-6-14-30-21)25-16(2)24(29)27-15-22(28)26-19-7-4-5-8-20(19)27/h4-14,16,23,25H,3,15H2,1-2H3,(H,26,28)/p+1/t16-,23-/m1/s1. The van der Waals surface area contributed by atoms with Crippen LogP contribution < -0.4 is 15.5 Å². The zero-order valence-electron chi connectivity index (χ0n) is 17.2. The van der Waals surface area contributed by atoms with Crippen molar-refractivity contribution in [1.82, 2.24) is 0 Å². The summed E-state index contributed by atoms with van der Waals surface area (Å²) in [5, 5.41) is 7.01. The Hall–Kier alpha value is -2.96. The number of nitrogens with two attached hydrogens (primary N) is 1. The Bertz CT molecular complexity index is 1030. The van der Waals surface area contributed by atoms with Gasteiger partial charge in [0.15, 0.2) is 6.04 Å². The summed E-state index contributed by atoms with van der Waals surface area (Å²) in [6, 6.07) is 19.9. The van der Waals surface area contributed by atoms with Gasteiger partial charge in [0.25, 0.3) is 5.91 Å². The minimum atomic E-state index is -0.345. The molecule has 3 aromatic rings. The van der Waals surface area contributed by atoms with Crippen molar-refractivity contribution in [3.63, 3.8) is 0 Å². The molecule has 0 unspecified atom stereocenters. The van der Waals surface area contributed by atoms with Gasteiger partial charge in [0.05, 0.1) is 16.3 Å². The third-order valence-electron chi connectivity index (χ3n) is 5.50. The molecule has 0 radical (unpaired) electrons. The number of amides is 2. The lowest BCUT2D eigenvalue weighted by atomic mass is 10.0. The molecule has 0 bridgehead atoms. The van der Waals surface area contributed by atoms with E-state index >= 15 is 0 Å². The van der Waals surface area contributed by atoms with E-state index in [0.29, 0.717) is 5.69 Å². The molecule has 0 aliphatic carbocycles. The summed E-state index contributed by atoms with van der Waals surface area (Å²) < 4.78 is 0. The monoisotopic (exact) mass is 420 g/mol. The largest absolute Gasteiger partial charge is 0.326 e. The lowest BCUT2D eigenvalue weighted by Crippen LogP contribution is -2.93. The molecule has 30 heavy (non-hydrogen) atoms. The number of hydrogen-bond acceptors (Lipinski definition) is 3. The summed E-state index contributed by atoms with van der Waals surface area (Å²) >= 11 is 1.69. The van der Waals surface area contributed by atoms with E-state index in [1.165, 1.54) is 16.0 Å². The van der Waals surface area contributed by atoms with Crippen LogP contribution in [0.3, 0.4) is 0 Å². The number of nitrogens with one attached hydrogen (secondary N) is 1. The topological polar surface area (TPSA) is 66.0 Å². The molecule has 154 valence electrons. The maximum atomic E-state index is 13.4. The van der Waals surface area contributed by atoms with Crippen molar-refractivity contribution in [1.29, 1.82) is 0 Å². The van der Waals surface area contributed by atoms with Crippen molar-refractivity contribution in [2.45, 2.75) is 32.4 Å². The number of aryl methyl sites for hydroxylation is 1. The number of thiophene rings is 1. The summed E-state index contributed by atoms with van der Waals surface area (Å²) in [6.45, 7) is 4.10. The van der Waals surface area contributed by atoms with Crippen molar-refractivity contribution >= 4 is 34.5 Å².